The predicted octanol–water partition coefficient (Wildman–Crippen LogP) is 2.31. The van der Waals surface area contributed by atoms with Gasteiger partial charge in [0.15, 0.2) is 5.82 Å². The number of hydrogen-bond acceptors (Lipinski definition) is 6. The topological polar surface area (TPSA) is 142 Å². The van der Waals surface area contributed by atoms with Gasteiger partial charge in [0.25, 0.3) is 5.91 Å². The van der Waals surface area contributed by atoms with E-state index in [0.29, 0.717) is 24.2 Å². The lowest BCUT2D eigenvalue weighted by molar-refractivity contribution is -0.385. The summed E-state index contributed by atoms with van der Waals surface area (Å²) in [6.07, 6.45) is 4.40. The second kappa shape index (κ2) is 6.91. The summed E-state index contributed by atoms with van der Waals surface area (Å²) in [6, 6.07) is 5.20. The number of aryl methyl sites for hydroxylation is 1. The van der Waals surface area contributed by atoms with Gasteiger partial charge in [-0.2, -0.15) is 10.2 Å². The van der Waals surface area contributed by atoms with E-state index in [2.05, 4.69) is 30.7 Å². The van der Waals surface area contributed by atoms with Crippen LogP contribution in [0.3, 0.4) is 0 Å². The van der Waals surface area contributed by atoms with Crippen LogP contribution >= 0.6 is 0 Å². The molecule has 0 saturated heterocycles. The van der Waals surface area contributed by atoms with Crippen molar-refractivity contribution in [2.45, 2.75) is 19.8 Å². The molecule has 0 fully saturated rings. The number of rotatable bonds is 6. The van der Waals surface area contributed by atoms with Crippen LogP contribution in [0.15, 0.2) is 30.6 Å². The molecule has 128 valence electrons. The lowest BCUT2D eigenvalue weighted by Crippen LogP contribution is -2.14. The maximum atomic E-state index is 12.3. The molecule has 0 spiro atoms. The molecule has 10 heteroatoms. The summed E-state index contributed by atoms with van der Waals surface area (Å²) in [5.74, 6) is -0.454. The number of aromatic amines is 2. The van der Waals surface area contributed by atoms with E-state index in [9.17, 15) is 14.9 Å². The fraction of sp³-hybridized carbons (Fsp3) is 0.200. The third kappa shape index (κ3) is 3.37. The van der Waals surface area contributed by atoms with Crippen LogP contribution in [-0.4, -0.2) is 36.2 Å². The van der Waals surface area contributed by atoms with Crippen LogP contribution in [0, 0.1) is 10.1 Å². The third-order valence-electron chi connectivity index (χ3n) is 3.52. The van der Waals surface area contributed by atoms with Gasteiger partial charge < -0.3 is 5.32 Å². The number of anilines is 1. The molecule has 3 N–H and O–H groups in total. The summed E-state index contributed by atoms with van der Waals surface area (Å²) in [5, 5.41) is 26.9. The fourth-order valence-corrected chi connectivity index (χ4v) is 2.39. The molecule has 0 atom stereocenters. The molecule has 0 aliphatic heterocycles. The normalized spacial score (nSPS) is 10.6. The van der Waals surface area contributed by atoms with Crippen LogP contribution in [-0.2, 0) is 6.42 Å². The standard InChI is InChI=1S/C15H15N7O3/c1-2-3-10-14(22(24)25)13(21-18-10)15(23)17-12-8-11(19-20-12)9-4-6-16-7-5-9/h4-8H,2-3H2,1H3,(H,18,21)(H2,17,19,20,23). The van der Waals surface area contributed by atoms with Crippen molar-refractivity contribution < 1.29 is 9.72 Å². The van der Waals surface area contributed by atoms with Crippen molar-refractivity contribution in [3.05, 3.63) is 52.1 Å². The van der Waals surface area contributed by atoms with Gasteiger partial charge in [-0.15, -0.1) is 0 Å². The molecular weight excluding hydrogens is 326 g/mol. The van der Waals surface area contributed by atoms with Gasteiger partial charge in [-0.25, -0.2) is 0 Å². The van der Waals surface area contributed by atoms with E-state index < -0.39 is 10.8 Å². The van der Waals surface area contributed by atoms with E-state index in [1.165, 1.54) is 0 Å². The molecule has 0 aliphatic rings. The fourth-order valence-electron chi connectivity index (χ4n) is 2.39. The Bertz CT molecular complexity index is 901. The highest BCUT2D eigenvalue weighted by atomic mass is 16.6. The van der Waals surface area contributed by atoms with Crippen molar-refractivity contribution >= 4 is 17.4 Å². The van der Waals surface area contributed by atoms with Gasteiger partial charge in [0.2, 0.25) is 5.69 Å². The quantitative estimate of drug-likeness (QED) is 0.464. The van der Waals surface area contributed by atoms with Crippen LogP contribution in [0.5, 0.6) is 0 Å². The molecule has 3 heterocycles. The van der Waals surface area contributed by atoms with Crippen molar-refractivity contribution in [3.63, 3.8) is 0 Å². The van der Waals surface area contributed by atoms with Crippen LogP contribution in [0.4, 0.5) is 11.5 Å². The number of H-pyrrole nitrogens is 2. The molecule has 0 radical (unpaired) electrons. The Hall–Kier alpha value is -3.56. The molecule has 25 heavy (non-hydrogen) atoms. The summed E-state index contributed by atoms with van der Waals surface area (Å²) < 4.78 is 0. The number of amides is 1. The van der Waals surface area contributed by atoms with Gasteiger partial charge >= 0.3 is 5.69 Å². The number of nitrogens with one attached hydrogen (secondary N) is 3. The largest absolute Gasteiger partial charge is 0.322 e. The van der Waals surface area contributed by atoms with Crippen molar-refractivity contribution in [2.75, 3.05) is 5.32 Å². The summed E-state index contributed by atoms with van der Waals surface area (Å²) in [5.41, 5.74) is 1.29. The zero-order chi connectivity index (χ0) is 17.8. The maximum Gasteiger partial charge on any atom is 0.322 e. The molecule has 3 aromatic rings. The molecule has 0 aromatic carbocycles. The first-order valence-corrected chi connectivity index (χ1v) is 7.59. The summed E-state index contributed by atoms with van der Waals surface area (Å²) in [7, 11) is 0. The highest BCUT2D eigenvalue weighted by molar-refractivity contribution is 6.05. The number of carbonyl (C=O) groups excluding carboxylic acids is 1. The third-order valence-corrected chi connectivity index (χ3v) is 3.52. The SMILES string of the molecule is CCCc1[nH]nc(C(=O)Nc2cc(-c3ccncc3)[nH]n2)c1[N+](=O)[O-]. The van der Waals surface area contributed by atoms with Gasteiger partial charge in [0.05, 0.1) is 10.6 Å². The number of carbonyl (C=O) groups is 1. The lowest BCUT2D eigenvalue weighted by Gasteiger charge is -1.98. The summed E-state index contributed by atoms with van der Waals surface area (Å²) >= 11 is 0. The van der Waals surface area contributed by atoms with E-state index >= 15 is 0 Å². The zero-order valence-electron chi connectivity index (χ0n) is 13.3. The average molecular weight is 341 g/mol. The second-order valence-corrected chi connectivity index (χ2v) is 5.26. The molecule has 10 nitrogen and oxygen atoms in total. The van der Waals surface area contributed by atoms with E-state index in [4.69, 9.17) is 0 Å². The van der Waals surface area contributed by atoms with Crippen molar-refractivity contribution in [1.82, 2.24) is 25.4 Å². The molecule has 0 bridgehead atoms. The molecule has 3 rings (SSSR count). The van der Waals surface area contributed by atoms with Crippen molar-refractivity contribution in [2.24, 2.45) is 0 Å². The van der Waals surface area contributed by atoms with Crippen LogP contribution < -0.4 is 5.32 Å². The number of nitrogens with zero attached hydrogens (tertiary/aromatic N) is 4. The molecule has 1 amide bonds. The van der Waals surface area contributed by atoms with E-state index in [1.807, 2.05) is 6.92 Å². The van der Waals surface area contributed by atoms with Crippen LogP contribution in [0.1, 0.15) is 29.5 Å². The van der Waals surface area contributed by atoms with Gasteiger partial charge in [-0.1, -0.05) is 13.3 Å². The van der Waals surface area contributed by atoms with E-state index in [1.54, 1.807) is 30.6 Å². The first kappa shape index (κ1) is 16.3. The van der Waals surface area contributed by atoms with Gasteiger partial charge in [-0.05, 0) is 18.6 Å². The zero-order valence-corrected chi connectivity index (χ0v) is 13.3. The number of pyridine rings is 1. The number of hydrogen-bond donors (Lipinski definition) is 3. The van der Waals surface area contributed by atoms with Gasteiger partial charge in [-0.3, -0.25) is 30.1 Å². The van der Waals surface area contributed by atoms with Crippen molar-refractivity contribution in [3.8, 4) is 11.3 Å². The Kier molecular flexibility index (Phi) is 4.50. The minimum atomic E-state index is -0.696. The summed E-state index contributed by atoms with van der Waals surface area (Å²) in [4.78, 5) is 26.9. The van der Waals surface area contributed by atoms with Gasteiger partial charge in [0.1, 0.15) is 5.69 Å². The molecule has 0 aliphatic carbocycles. The van der Waals surface area contributed by atoms with Crippen LogP contribution in [0.2, 0.25) is 0 Å². The minimum absolute atomic E-state index is 0.242. The first-order valence-electron chi connectivity index (χ1n) is 7.59. The Labute approximate surface area is 141 Å². The molecule has 0 saturated carbocycles. The Morgan fingerprint density at radius 3 is 2.72 bits per heavy atom. The number of aromatic nitrogens is 5. The van der Waals surface area contributed by atoms with E-state index in [-0.39, 0.29) is 17.2 Å². The average Bonchev–Trinajstić information content (AvgIpc) is 3.23. The van der Waals surface area contributed by atoms with E-state index in [0.717, 1.165) is 5.56 Å². The molecular formula is C15H15N7O3. The number of nitro groups is 1. The predicted molar refractivity (Wildman–Crippen MR) is 89.0 cm³/mol. The highest BCUT2D eigenvalue weighted by Crippen LogP contribution is 2.24. The Balaban J connectivity index is 1.82. The van der Waals surface area contributed by atoms with Crippen molar-refractivity contribution in [1.29, 1.82) is 0 Å². The second-order valence-electron chi connectivity index (χ2n) is 5.26. The highest BCUT2D eigenvalue weighted by Gasteiger charge is 2.29. The monoisotopic (exact) mass is 341 g/mol. The Morgan fingerprint density at radius 2 is 2.04 bits per heavy atom. The molecule has 0 unspecified atom stereocenters. The summed E-state index contributed by atoms with van der Waals surface area (Å²) in [6.45, 7) is 1.88. The van der Waals surface area contributed by atoms with Gasteiger partial charge in [0, 0.05) is 24.0 Å². The molecule has 3 aromatic heterocycles. The lowest BCUT2D eigenvalue weighted by atomic mass is 10.2. The first-order chi connectivity index (χ1) is 12.1. The Morgan fingerprint density at radius 1 is 1.28 bits per heavy atom. The minimum Gasteiger partial charge on any atom is -0.303 e. The smallest absolute Gasteiger partial charge is 0.303 e. The van der Waals surface area contributed by atoms with Crippen LogP contribution in [0.25, 0.3) is 11.3 Å². The maximum absolute atomic E-state index is 12.3.